The number of anilines is 2. The largest absolute Gasteiger partial charge is 0.486 e. The molecule has 1 aromatic heterocycles. The zero-order valence-electron chi connectivity index (χ0n) is 16.8. The molecule has 0 radical (unpaired) electrons. The first-order valence-electron chi connectivity index (χ1n) is 9.79. The fourth-order valence-corrected chi connectivity index (χ4v) is 4.12. The highest BCUT2D eigenvalue weighted by Crippen LogP contribution is 2.42. The van der Waals surface area contributed by atoms with Crippen molar-refractivity contribution in [1.29, 1.82) is 0 Å². The number of nitrogens with one attached hydrogen (secondary N) is 1. The van der Waals surface area contributed by atoms with Crippen molar-refractivity contribution in [2.45, 2.75) is 25.1 Å². The van der Waals surface area contributed by atoms with E-state index in [-0.39, 0.29) is 11.3 Å². The monoisotopic (exact) mass is 547 g/mol. The SMILES string of the molecule is C[C@@]1(CI)Cc2cc(NC(=O)c3cccc(C(F)(F)F)n3)c(N3CCOCC3)cc2O1. The van der Waals surface area contributed by atoms with Crippen LogP contribution < -0.4 is 15.0 Å². The van der Waals surface area contributed by atoms with Crippen LogP contribution in [0.4, 0.5) is 24.5 Å². The molecule has 0 saturated carbocycles. The number of hydrogen-bond donors (Lipinski definition) is 1. The lowest BCUT2D eigenvalue weighted by Crippen LogP contribution is -2.36. The van der Waals surface area contributed by atoms with Gasteiger partial charge >= 0.3 is 6.18 Å². The molecule has 166 valence electrons. The van der Waals surface area contributed by atoms with Crippen LogP contribution in [0.15, 0.2) is 30.3 Å². The van der Waals surface area contributed by atoms with Crippen LogP contribution in [0.3, 0.4) is 0 Å². The molecule has 1 N–H and O–H groups in total. The smallest absolute Gasteiger partial charge is 0.433 e. The Hall–Kier alpha value is -2.08. The number of morpholine rings is 1. The van der Waals surface area contributed by atoms with E-state index in [0.29, 0.717) is 38.4 Å². The Bertz CT molecular complexity index is 996. The number of amides is 1. The zero-order chi connectivity index (χ0) is 22.2. The summed E-state index contributed by atoms with van der Waals surface area (Å²) in [5.74, 6) is 0.0620. The van der Waals surface area contributed by atoms with Crippen molar-refractivity contribution in [3.63, 3.8) is 0 Å². The van der Waals surface area contributed by atoms with Gasteiger partial charge in [-0.3, -0.25) is 4.79 Å². The summed E-state index contributed by atoms with van der Waals surface area (Å²) in [5.41, 5.74) is 0.483. The first kappa shape index (κ1) is 22.1. The number of ether oxygens (including phenoxy) is 2. The molecule has 1 saturated heterocycles. The van der Waals surface area contributed by atoms with Crippen molar-refractivity contribution in [3.8, 4) is 5.75 Å². The minimum atomic E-state index is -4.62. The first-order valence-corrected chi connectivity index (χ1v) is 11.3. The number of benzene rings is 1. The summed E-state index contributed by atoms with van der Waals surface area (Å²) in [6, 6.07) is 7.03. The van der Waals surface area contributed by atoms with E-state index in [1.54, 1.807) is 0 Å². The summed E-state index contributed by atoms with van der Waals surface area (Å²) in [5, 5.41) is 2.77. The Morgan fingerprint density at radius 3 is 2.71 bits per heavy atom. The fourth-order valence-electron chi connectivity index (χ4n) is 3.70. The van der Waals surface area contributed by atoms with Crippen LogP contribution in [0.5, 0.6) is 5.75 Å². The quantitative estimate of drug-likeness (QED) is 0.457. The number of nitrogens with zero attached hydrogens (tertiary/aromatic N) is 2. The number of carbonyl (C=O) groups excluding carboxylic acids is 1. The Morgan fingerprint density at radius 1 is 1.29 bits per heavy atom. The van der Waals surface area contributed by atoms with Gasteiger partial charge in [-0.15, -0.1) is 0 Å². The van der Waals surface area contributed by atoms with E-state index < -0.39 is 17.8 Å². The molecule has 0 bridgehead atoms. The normalized spacial score (nSPS) is 20.9. The van der Waals surface area contributed by atoms with Crippen molar-refractivity contribution in [1.82, 2.24) is 4.98 Å². The maximum Gasteiger partial charge on any atom is 0.433 e. The highest BCUT2D eigenvalue weighted by atomic mass is 127. The Balaban J connectivity index is 1.67. The van der Waals surface area contributed by atoms with Gasteiger partial charge < -0.3 is 19.7 Å². The molecule has 2 aliphatic rings. The van der Waals surface area contributed by atoms with E-state index in [2.05, 4.69) is 37.8 Å². The van der Waals surface area contributed by atoms with Crippen molar-refractivity contribution in [2.75, 3.05) is 40.9 Å². The second kappa shape index (κ2) is 8.45. The second-order valence-electron chi connectivity index (χ2n) is 7.80. The Labute approximate surface area is 191 Å². The highest BCUT2D eigenvalue weighted by Gasteiger charge is 2.36. The molecule has 2 aliphatic heterocycles. The van der Waals surface area contributed by atoms with Gasteiger partial charge in [0.05, 0.1) is 24.6 Å². The second-order valence-corrected chi connectivity index (χ2v) is 8.56. The number of fused-ring (bicyclic) bond motifs is 1. The predicted octanol–water partition coefficient (Wildman–Crippen LogP) is 4.32. The van der Waals surface area contributed by atoms with Crippen LogP contribution in [0.1, 0.15) is 28.7 Å². The van der Waals surface area contributed by atoms with Crippen molar-refractivity contribution >= 4 is 39.9 Å². The molecule has 4 rings (SSSR count). The summed E-state index contributed by atoms with van der Waals surface area (Å²) < 4.78 is 51.4. The van der Waals surface area contributed by atoms with Crippen LogP contribution >= 0.6 is 22.6 Å². The van der Waals surface area contributed by atoms with Crippen LogP contribution in [0, 0.1) is 0 Å². The number of halogens is 4. The molecule has 1 amide bonds. The topological polar surface area (TPSA) is 63.7 Å². The van der Waals surface area contributed by atoms with Gasteiger partial charge in [-0.25, -0.2) is 4.98 Å². The molecule has 0 spiro atoms. The summed E-state index contributed by atoms with van der Waals surface area (Å²) in [7, 11) is 0. The summed E-state index contributed by atoms with van der Waals surface area (Å²) in [4.78, 5) is 18.4. The first-order chi connectivity index (χ1) is 14.7. The number of alkyl halides is 4. The predicted molar refractivity (Wildman–Crippen MR) is 118 cm³/mol. The Kier molecular flexibility index (Phi) is 6.03. The molecule has 1 fully saturated rings. The van der Waals surface area contributed by atoms with Gasteiger partial charge in [0, 0.05) is 35.6 Å². The van der Waals surface area contributed by atoms with Gasteiger partial charge in [0.15, 0.2) is 0 Å². The van der Waals surface area contributed by atoms with Gasteiger partial charge in [-0.2, -0.15) is 13.2 Å². The Morgan fingerprint density at radius 2 is 2.03 bits per heavy atom. The molecule has 6 nitrogen and oxygen atoms in total. The minimum Gasteiger partial charge on any atom is -0.486 e. The van der Waals surface area contributed by atoms with Gasteiger partial charge in [0.25, 0.3) is 5.91 Å². The van der Waals surface area contributed by atoms with Gasteiger partial charge in [0.1, 0.15) is 22.7 Å². The molecule has 0 aliphatic carbocycles. The fraction of sp³-hybridized carbons (Fsp3) is 0.429. The van der Waals surface area contributed by atoms with E-state index in [4.69, 9.17) is 9.47 Å². The van der Waals surface area contributed by atoms with Gasteiger partial charge in [-0.1, -0.05) is 28.7 Å². The molecule has 10 heteroatoms. The average molecular weight is 547 g/mol. The molecule has 1 aromatic carbocycles. The summed E-state index contributed by atoms with van der Waals surface area (Å²) in [6.07, 6.45) is -3.94. The molecule has 31 heavy (non-hydrogen) atoms. The van der Waals surface area contributed by atoms with Gasteiger partial charge in [-0.05, 0) is 25.1 Å². The minimum absolute atomic E-state index is 0.295. The lowest BCUT2D eigenvalue weighted by molar-refractivity contribution is -0.141. The third-order valence-electron chi connectivity index (χ3n) is 5.25. The molecule has 2 aromatic rings. The molecular formula is C21H21F3IN3O3. The van der Waals surface area contributed by atoms with E-state index in [0.717, 1.165) is 27.5 Å². The van der Waals surface area contributed by atoms with E-state index in [1.165, 1.54) is 12.1 Å². The van der Waals surface area contributed by atoms with E-state index >= 15 is 0 Å². The lowest BCUT2D eigenvalue weighted by Gasteiger charge is -2.31. The molecule has 0 unspecified atom stereocenters. The highest BCUT2D eigenvalue weighted by molar-refractivity contribution is 14.1. The van der Waals surface area contributed by atoms with E-state index in [9.17, 15) is 18.0 Å². The standard InChI is InChI=1S/C21H21F3IN3O3/c1-20(12-25)11-13-9-15(16(10-17(13)31-20)28-5-7-30-8-6-28)27-19(29)14-3-2-4-18(26-14)21(22,23)24/h2-4,9-10H,5-8,11-12H2,1H3,(H,27,29)/t20-/m0/s1. The van der Waals surface area contributed by atoms with Crippen molar-refractivity contribution in [2.24, 2.45) is 0 Å². The maximum absolute atomic E-state index is 13.0. The van der Waals surface area contributed by atoms with Crippen LogP contribution in [0.25, 0.3) is 0 Å². The number of pyridine rings is 1. The zero-order valence-corrected chi connectivity index (χ0v) is 18.9. The number of rotatable bonds is 4. The van der Waals surface area contributed by atoms with E-state index in [1.807, 2.05) is 19.1 Å². The van der Waals surface area contributed by atoms with Crippen molar-refractivity contribution in [3.05, 3.63) is 47.3 Å². The lowest BCUT2D eigenvalue weighted by atomic mass is 10.0. The molecular weight excluding hydrogens is 526 g/mol. The summed E-state index contributed by atoms with van der Waals surface area (Å²) in [6.45, 7) is 4.39. The maximum atomic E-state index is 13.0. The number of carbonyl (C=O) groups is 1. The number of aromatic nitrogens is 1. The van der Waals surface area contributed by atoms with Crippen molar-refractivity contribution < 1.29 is 27.4 Å². The third-order valence-corrected chi connectivity index (χ3v) is 6.87. The van der Waals surface area contributed by atoms with Crippen LogP contribution in [-0.2, 0) is 17.3 Å². The number of hydrogen-bond acceptors (Lipinski definition) is 5. The molecule has 3 heterocycles. The van der Waals surface area contributed by atoms with Crippen LogP contribution in [0.2, 0.25) is 0 Å². The molecule has 1 atom stereocenters. The third kappa shape index (κ3) is 4.74. The van der Waals surface area contributed by atoms with Gasteiger partial charge in [0.2, 0.25) is 0 Å². The summed E-state index contributed by atoms with van der Waals surface area (Å²) >= 11 is 2.28. The average Bonchev–Trinajstić information content (AvgIpc) is 3.09. The van der Waals surface area contributed by atoms with Crippen LogP contribution in [-0.4, -0.2) is 47.2 Å².